The van der Waals surface area contributed by atoms with Crippen LogP contribution in [0.3, 0.4) is 0 Å². The van der Waals surface area contributed by atoms with E-state index in [9.17, 15) is 14.4 Å². The van der Waals surface area contributed by atoms with Gasteiger partial charge >= 0.3 is 11.9 Å². The number of esters is 2. The zero-order valence-corrected chi connectivity index (χ0v) is 29.1. The fraction of sp³-hybridized carbons (Fsp3) is 0.917. The van der Waals surface area contributed by atoms with Crippen LogP contribution in [0.5, 0.6) is 0 Å². The molecular formula is C36H57NO9. The van der Waals surface area contributed by atoms with Crippen molar-refractivity contribution in [3.63, 3.8) is 0 Å². The largest absolute Gasteiger partial charge is 0.462 e. The number of fused-ring (bicyclic) bond motifs is 5. The summed E-state index contributed by atoms with van der Waals surface area (Å²) in [5.41, 5.74) is -0.385. The molecule has 10 nitrogen and oxygen atoms in total. The molecular weight excluding hydrogens is 590 g/mol. The molecule has 6 fully saturated rings. The Morgan fingerprint density at radius 1 is 0.891 bits per heavy atom. The van der Waals surface area contributed by atoms with E-state index in [1.54, 1.807) is 7.05 Å². The van der Waals surface area contributed by atoms with Crippen LogP contribution in [0.15, 0.2) is 0 Å². The van der Waals surface area contributed by atoms with E-state index >= 15 is 0 Å². The molecule has 46 heavy (non-hydrogen) atoms. The summed E-state index contributed by atoms with van der Waals surface area (Å²) in [6.45, 7) is 12.1. The van der Waals surface area contributed by atoms with Crippen LogP contribution in [0.2, 0.25) is 0 Å². The average molecular weight is 648 g/mol. The number of nitrogens with one attached hydrogen (secondary N) is 1. The highest BCUT2D eigenvalue weighted by molar-refractivity contribution is 5.75. The average Bonchev–Trinajstić information content (AvgIpc) is 3.37. The van der Waals surface area contributed by atoms with Crippen LogP contribution in [-0.2, 0) is 43.4 Å². The van der Waals surface area contributed by atoms with Gasteiger partial charge in [0.25, 0.3) is 0 Å². The van der Waals surface area contributed by atoms with Crippen molar-refractivity contribution in [3.05, 3.63) is 0 Å². The normalized spacial score (nSPS) is 47.3. The number of carbonyl (C=O) groups is 3. The van der Waals surface area contributed by atoms with Crippen molar-refractivity contribution in [1.29, 1.82) is 0 Å². The summed E-state index contributed by atoms with van der Waals surface area (Å²) in [5, 5.41) is 2.75. The topological polar surface area (TPSA) is 119 Å². The van der Waals surface area contributed by atoms with Crippen molar-refractivity contribution in [1.82, 2.24) is 5.32 Å². The Morgan fingerprint density at radius 3 is 2.26 bits per heavy atom. The monoisotopic (exact) mass is 647 g/mol. The molecule has 1 aliphatic heterocycles. The van der Waals surface area contributed by atoms with Gasteiger partial charge in [0.05, 0.1) is 0 Å². The Hall–Kier alpha value is -1.75. The lowest BCUT2D eigenvalue weighted by Crippen LogP contribution is -2.65. The second-order valence-corrected chi connectivity index (χ2v) is 16.4. The van der Waals surface area contributed by atoms with E-state index in [0.29, 0.717) is 25.2 Å². The van der Waals surface area contributed by atoms with Gasteiger partial charge in [0.15, 0.2) is 0 Å². The van der Waals surface area contributed by atoms with E-state index in [4.69, 9.17) is 29.0 Å². The summed E-state index contributed by atoms with van der Waals surface area (Å²) in [4.78, 5) is 62.1. The lowest BCUT2D eigenvalue weighted by Gasteiger charge is -2.65. The number of carbonyl (C=O) groups excluding carboxylic acids is 3. The summed E-state index contributed by atoms with van der Waals surface area (Å²) < 4.78 is 12.5. The van der Waals surface area contributed by atoms with E-state index in [0.717, 1.165) is 64.2 Å². The summed E-state index contributed by atoms with van der Waals surface area (Å²) >= 11 is 0. The van der Waals surface area contributed by atoms with Gasteiger partial charge < -0.3 is 14.8 Å². The van der Waals surface area contributed by atoms with Crippen LogP contribution >= 0.6 is 0 Å². The summed E-state index contributed by atoms with van der Waals surface area (Å²) in [7, 11) is 1.68. The predicted molar refractivity (Wildman–Crippen MR) is 167 cm³/mol. The molecule has 1 heterocycles. The van der Waals surface area contributed by atoms with Gasteiger partial charge in [-0.3, -0.25) is 14.4 Å². The molecule has 1 N–H and O–H groups in total. The lowest BCUT2D eigenvalue weighted by atomic mass is 9.42. The standard InChI is InChI=1S/C36H57NO9/c1-21(11-14-31(40)37-7)26-12-13-27-32-28(19-30(34(26,27)6)42-24(4)39)33(5)16-17-35(20-25(33)18-29(32)41-23(3)38)43-45-36(46-44-35)15-9-8-10-22(36)2/h21-22,25-30,32H,8-20H2,1-7H3,(H,37,40)/t21?,22?,25-,26?,27+,28+,29-,30+,32+,33+,34-,35?,36?/m1/s1. The first kappa shape index (κ1) is 34.1. The van der Waals surface area contributed by atoms with Crippen molar-refractivity contribution in [3.8, 4) is 0 Å². The van der Waals surface area contributed by atoms with Gasteiger partial charge in [-0.15, -0.1) is 0 Å². The van der Waals surface area contributed by atoms with Crippen LogP contribution < -0.4 is 5.32 Å². The fourth-order valence-corrected chi connectivity index (χ4v) is 11.4. The van der Waals surface area contributed by atoms with Crippen LogP contribution in [0.4, 0.5) is 0 Å². The maximum Gasteiger partial charge on any atom is 0.302 e. The zero-order chi connectivity index (χ0) is 33.1. The summed E-state index contributed by atoms with van der Waals surface area (Å²) in [5.74, 6) is -0.893. The molecule has 1 saturated heterocycles. The van der Waals surface area contributed by atoms with Gasteiger partial charge in [-0.25, -0.2) is 0 Å². The predicted octanol–water partition coefficient (Wildman–Crippen LogP) is 6.40. The van der Waals surface area contributed by atoms with Crippen molar-refractivity contribution < 1.29 is 43.4 Å². The summed E-state index contributed by atoms with van der Waals surface area (Å²) in [6.07, 6.45) is 10.1. The molecule has 0 aromatic carbocycles. The Morgan fingerprint density at radius 2 is 1.61 bits per heavy atom. The quantitative estimate of drug-likeness (QED) is 0.258. The minimum absolute atomic E-state index is 0.0492. The third-order valence-electron chi connectivity index (χ3n) is 14.1. The van der Waals surface area contributed by atoms with Crippen LogP contribution in [0.25, 0.3) is 0 Å². The molecule has 5 aliphatic carbocycles. The third kappa shape index (κ3) is 5.71. The Balaban J connectivity index is 1.28. The molecule has 0 radical (unpaired) electrons. The maximum absolute atomic E-state index is 12.7. The van der Waals surface area contributed by atoms with Crippen molar-refractivity contribution >= 4 is 17.8 Å². The molecule has 260 valence electrons. The molecule has 0 bridgehead atoms. The SMILES string of the molecule is CNC(=O)CCC(C)C1CC[C@H]2[C@@H]3[C@H](OC(C)=O)C[C@@H]4CC5(CC[C@]4(C)[C@H]3C[C@H](OC(C)=O)[C@]12C)OOC1(CCCCC1C)OO5. The minimum atomic E-state index is -1.00. The Bertz CT molecular complexity index is 1170. The van der Waals surface area contributed by atoms with Crippen molar-refractivity contribution in [2.45, 2.75) is 149 Å². The molecule has 3 unspecified atom stereocenters. The van der Waals surface area contributed by atoms with Gasteiger partial charge in [-0.1, -0.05) is 34.1 Å². The number of rotatable bonds is 6. The van der Waals surface area contributed by atoms with E-state index in [-0.39, 0.29) is 76.4 Å². The van der Waals surface area contributed by atoms with Crippen LogP contribution in [0.1, 0.15) is 125 Å². The van der Waals surface area contributed by atoms with Gasteiger partial charge in [0.2, 0.25) is 17.5 Å². The molecule has 2 spiro atoms. The third-order valence-corrected chi connectivity index (χ3v) is 14.1. The Labute approximate surface area is 274 Å². The van der Waals surface area contributed by atoms with Gasteiger partial charge in [-0.05, 0) is 86.4 Å². The molecule has 0 aromatic heterocycles. The van der Waals surface area contributed by atoms with Crippen molar-refractivity contribution in [2.75, 3.05) is 7.05 Å². The minimum Gasteiger partial charge on any atom is -0.462 e. The highest BCUT2D eigenvalue weighted by Gasteiger charge is 2.69. The van der Waals surface area contributed by atoms with E-state index in [2.05, 4.69) is 33.0 Å². The zero-order valence-electron chi connectivity index (χ0n) is 29.1. The highest BCUT2D eigenvalue weighted by atomic mass is 17.4. The van der Waals surface area contributed by atoms with Gasteiger partial charge in [0.1, 0.15) is 12.2 Å². The molecule has 0 aromatic rings. The highest BCUT2D eigenvalue weighted by Crippen LogP contribution is 2.70. The summed E-state index contributed by atoms with van der Waals surface area (Å²) in [6, 6.07) is 0. The smallest absolute Gasteiger partial charge is 0.302 e. The number of amides is 1. The molecule has 6 aliphatic rings. The number of hydrogen-bond donors (Lipinski definition) is 1. The van der Waals surface area contributed by atoms with Crippen molar-refractivity contribution in [2.24, 2.45) is 52.3 Å². The van der Waals surface area contributed by atoms with Gasteiger partial charge in [0, 0.05) is 63.8 Å². The van der Waals surface area contributed by atoms with Gasteiger partial charge in [-0.2, -0.15) is 19.6 Å². The molecule has 5 saturated carbocycles. The Kier molecular flexibility index (Phi) is 9.35. The molecule has 11 atom stereocenters. The van der Waals surface area contributed by atoms with Crippen LogP contribution in [-0.4, -0.2) is 48.7 Å². The molecule has 1 amide bonds. The number of ether oxygens (including phenoxy) is 2. The first-order valence-electron chi connectivity index (χ1n) is 18.1. The van der Waals surface area contributed by atoms with Crippen LogP contribution in [0, 0.1) is 52.3 Å². The molecule has 10 heteroatoms. The first-order valence-corrected chi connectivity index (χ1v) is 18.1. The van der Waals surface area contributed by atoms with E-state index in [1.807, 2.05) is 0 Å². The lowest BCUT2D eigenvalue weighted by molar-refractivity contribution is -0.671. The maximum atomic E-state index is 12.7. The number of hydrogen-bond acceptors (Lipinski definition) is 9. The fourth-order valence-electron chi connectivity index (χ4n) is 11.4. The molecule has 6 rings (SSSR count). The van der Waals surface area contributed by atoms with E-state index < -0.39 is 11.6 Å². The first-order chi connectivity index (χ1) is 21.8. The van der Waals surface area contributed by atoms with E-state index in [1.165, 1.54) is 13.8 Å². The second kappa shape index (κ2) is 12.6. The second-order valence-electron chi connectivity index (χ2n) is 16.4.